The van der Waals surface area contributed by atoms with Gasteiger partial charge >= 0.3 is 0 Å². The first-order chi connectivity index (χ1) is 9.15. The van der Waals surface area contributed by atoms with Gasteiger partial charge in [-0.15, -0.1) is 0 Å². The molecule has 1 unspecified atom stereocenters. The number of hydrogen-bond donors (Lipinski definition) is 2. The second kappa shape index (κ2) is 4.47. The van der Waals surface area contributed by atoms with Gasteiger partial charge in [0.2, 0.25) is 0 Å². The van der Waals surface area contributed by atoms with Crippen molar-refractivity contribution in [2.24, 2.45) is 5.73 Å². The van der Waals surface area contributed by atoms with E-state index >= 15 is 0 Å². The van der Waals surface area contributed by atoms with E-state index in [0.717, 1.165) is 17.7 Å². The molecule has 0 saturated heterocycles. The summed E-state index contributed by atoms with van der Waals surface area (Å²) in [6, 6.07) is 7.91. The van der Waals surface area contributed by atoms with E-state index in [1.54, 1.807) is 7.11 Å². The minimum Gasteiger partial charge on any atom is -0.493 e. The average molecular weight is 263 g/mol. The van der Waals surface area contributed by atoms with E-state index in [2.05, 4.69) is 0 Å². The van der Waals surface area contributed by atoms with Gasteiger partial charge in [-0.05, 0) is 12.5 Å². The first-order valence-corrected chi connectivity index (χ1v) is 6.83. The van der Waals surface area contributed by atoms with Gasteiger partial charge in [0.1, 0.15) is 5.75 Å². The Morgan fingerprint density at radius 3 is 2.84 bits per heavy atom. The van der Waals surface area contributed by atoms with Crippen molar-refractivity contribution in [2.45, 2.75) is 36.4 Å². The third kappa shape index (κ3) is 1.71. The van der Waals surface area contributed by atoms with E-state index in [1.807, 2.05) is 24.3 Å². The van der Waals surface area contributed by atoms with Crippen molar-refractivity contribution in [3.63, 3.8) is 0 Å². The van der Waals surface area contributed by atoms with Gasteiger partial charge in [0.15, 0.2) is 0 Å². The molecule has 0 amide bonds. The van der Waals surface area contributed by atoms with Crippen LogP contribution in [0, 0.1) is 0 Å². The molecule has 1 saturated carbocycles. The summed E-state index contributed by atoms with van der Waals surface area (Å²) in [7, 11) is 1.69. The highest BCUT2D eigenvalue weighted by molar-refractivity contribution is 5.45. The maximum Gasteiger partial charge on any atom is 0.123 e. The molecule has 2 aliphatic rings. The summed E-state index contributed by atoms with van der Waals surface area (Å²) in [4.78, 5) is 0. The van der Waals surface area contributed by atoms with Crippen LogP contribution in [0.2, 0.25) is 0 Å². The van der Waals surface area contributed by atoms with Gasteiger partial charge in [0, 0.05) is 37.5 Å². The third-order valence-electron chi connectivity index (χ3n) is 4.89. The molecule has 0 radical (unpaired) electrons. The molecule has 3 N–H and O–H groups in total. The molecule has 1 aromatic carbocycles. The van der Waals surface area contributed by atoms with Gasteiger partial charge in [0.05, 0.1) is 18.3 Å². The topological polar surface area (TPSA) is 64.7 Å². The highest BCUT2D eigenvalue weighted by Crippen LogP contribution is 2.53. The summed E-state index contributed by atoms with van der Waals surface area (Å²) in [5, 5.41) is 11.0. The molecule has 0 spiro atoms. The van der Waals surface area contributed by atoms with Crippen LogP contribution in [0.1, 0.15) is 24.8 Å². The van der Waals surface area contributed by atoms with Crippen LogP contribution < -0.4 is 10.5 Å². The molecule has 1 fully saturated rings. The molecule has 4 nitrogen and oxygen atoms in total. The molecule has 1 aliphatic carbocycles. The van der Waals surface area contributed by atoms with E-state index in [9.17, 15) is 5.11 Å². The molecule has 1 aromatic rings. The van der Waals surface area contributed by atoms with Crippen molar-refractivity contribution in [3.8, 4) is 5.75 Å². The second-order valence-corrected chi connectivity index (χ2v) is 5.68. The van der Waals surface area contributed by atoms with Gasteiger partial charge in [-0.25, -0.2) is 0 Å². The zero-order valence-electron chi connectivity index (χ0n) is 11.3. The van der Waals surface area contributed by atoms with E-state index in [-0.39, 0.29) is 6.10 Å². The summed E-state index contributed by atoms with van der Waals surface area (Å²) in [6.45, 7) is 1.04. The van der Waals surface area contributed by atoms with Gasteiger partial charge in [-0.1, -0.05) is 18.2 Å². The summed E-state index contributed by atoms with van der Waals surface area (Å²) in [6.07, 6.45) is 2.20. The van der Waals surface area contributed by atoms with E-state index in [4.69, 9.17) is 15.2 Å². The fourth-order valence-corrected chi connectivity index (χ4v) is 3.59. The predicted octanol–water partition coefficient (Wildman–Crippen LogP) is 1.21. The van der Waals surface area contributed by atoms with Crippen LogP contribution in [-0.2, 0) is 10.2 Å². The van der Waals surface area contributed by atoms with Crippen LogP contribution in [0.25, 0.3) is 0 Å². The van der Waals surface area contributed by atoms with Gasteiger partial charge in [-0.2, -0.15) is 0 Å². The minimum absolute atomic E-state index is 0.142. The van der Waals surface area contributed by atoms with Crippen molar-refractivity contribution >= 4 is 0 Å². The fourth-order valence-electron chi connectivity index (χ4n) is 3.59. The zero-order chi connectivity index (χ0) is 13.5. The number of aliphatic hydroxyl groups is 1. The van der Waals surface area contributed by atoms with Gasteiger partial charge in [0.25, 0.3) is 0 Å². The van der Waals surface area contributed by atoms with E-state index in [0.29, 0.717) is 26.0 Å². The monoisotopic (exact) mass is 263 g/mol. The molecule has 1 atom stereocenters. The van der Waals surface area contributed by atoms with Crippen molar-refractivity contribution in [2.75, 3.05) is 20.3 Å². The Morgan fingerprint density at radius 2 is 2.16 bits per heavy atom. The molecule has 3 rings (SSSR count). The number of benzene rings is 1. The molecular formula is C15H21NO3. The first-order valence-electron chi connectivity index (χ1n) is 6.83. The number of ether oxygens (including phenoxy) is 2. The van der Waals surface area contributed by atoms with E-state index < -0.39 is 11.0 Å². The number of hydrogen-bond acceptors (Lipinski definition) is 4. The summed E-state index contributed by atoms with van der Waals surface area (Å²) in [5.74, 6) is 0.855. The highest BCUT2D eigenvalue weighted by Gasteiger charge is 2.59. The number of rotatable bonds is 3. The Kier molecular flexibility index (Phi) is 3.04. The molecular weight excluding hydrogens is 242 g/mol. The normalized spacial score (nSPS) is 37.1. The van der Waals surface area contributed by atoms with E-state index in [1.165, 1.54) is 0 Å². The molecule has 0 bridgehead atoms. The predicted molar refractivity (Wildman–Crippen MR) is 72.3 cm³/mol. The van der Waals surface area contributed by atoms with Crippen molar-refractivity contribution < 1.29 is 14.6 Å². The van der Waals surface area contributed by atoms with Crippen molar-refractivity contribution in [3.05, 3.63) is 29.8 Å². The van der Waals surface area contributed by atoms with Gasteiger partial charge in [-0.3, -0.25) is 0 Å². The lowest BCUT2D eigenvalue weighted by Crippen LogP contribution is -2.65. The van der Waals surface area contributed by atoms with Crippen LogP contribution in [-0.4, -0.2) is 37.1 Å². The second-order valence-electron chi connectivity index (χ2n) is 5.68. The molecule has 0 aromatic heterocycles. The van der Waals surface area contributed by atoms with Crippen LogP contribution >= 0.6 is 0 Å². The lowest BCUT2D eigenvalue weighted by Gasteiger charge is -2.56. The van der Waals surface area contributed by atoms with Crippen LogP contribution in [0.4, 0.5) is 0 Å². The summed E-state index contributed by atoms with van der Waals surface area (Å²) < 4.78 is 11.0. The number of fused-ring (bicyclic) bond motifs is 1. The van der Waals surface area contributed by atoms with Gasteiger partial charge < -0.3 is 20.3 Å². The Bertz CT molecular complexity index is 470. The first kappa shape index (κ1) is 12.9. The highest BCUT2D eigenvalue weighted by atomic mass is 16.5. The quantitative estimate of drug-likeness (QED) is 0.860. The lowest BCUT2D eigenvalue weighted by atomic mass is 9.55. The zero-order valence-corrected chi connectivity index (χ0v) is 11.3. The van der Waals surface area contributed by atoms with Crippen LogP contribution in [0.15, 0.2) is 24.3 Å². The molecule has 104 valence electrons. The minimum atomic E-state index is -0.775. The Balaban J connectivity index is 2.01. The van der Waals surface area contributed by atoms with Crippen LogP contribution in [0.3, 0.4) is 0 Å². The van der Waals surface area contributed by atoms with Crippen molar-refractivity contribution in [1.82, 2.24) is 0 Å². The molecule has 4 heteroatoms. The van der Waals surface area contributed by atoms with Crippen molar-refractivity contribution in [1.29, 1.82) is 0 Å². The lowest BCUT2D eigenvalue weighted by molar-refractivity contribution is -0.174. The Morgan fingerprint density at radius 1 is 1.42 bits per heavy atom. The smallest absolute Gasteiger partial charge is 0.123 e. The maximum absolute atomic E-state index is 11.0. The Labute approximate surface area is 113 Å². The largest absolute Gasteiger partial charge is 0.493 e. The standard InChI is InChI=1S/C15H21NO3/c1-18-11-8-15(17,9-11)14(10-16)6-7-19-13-5-3-2-4-12(13)14/h2-5,11,17H,6-10,16H2,1H3. The average Bonchev–Trinajstić information content (AvgIpc) is 2.43. The Hall–Kier alpha value is -1.10. The molecule has 1 aliphatic heterocycles. The number of methoxy groups -OCH3 is 1. The van der Waals surface area contributed by atoms with Crippen LogP contribution in [0.5, 0.6) is 5.75 Å². The fraction of sp³-hybridized carbons (Fsp3) is 0.600. The SMILES string of the molecule is COC1CC(O)(C2(CN)CCOc3ccccc32)C1. The summed E-state index contributed by atoms with van der Waals surface area (Å²) in [5.41, 5.74) is 5.94. The maximum atomic E-state index is 11.0. The number of para-hydroxylation sites is 1. The third-order valence-corrected chi connectivity index (χ3v) is 4.89. The molecule has 1 heterocycles. The summed E-state index contributed by atoms with van der Waals surface area (Å²) >= 11 is 0. The number of nitrogens with two attached hydrogens (primary N) is 1. The molecule has 19 heavy (non-hydrogen) atoms.